The van der Waals surface area contributed by atoms with Crippen LogP contribution in [0.15, 0.2) is 35.6 Å². The van der Waals surface area contributed by atoms with E-state index in [0.717, 1.165) is 6.42 Å². The van der Waals surface area contributed by atoms with Crippen molar-refractivity contribution in [3.8, 4) is 0 Å². The largest absolute Gasteiger partial charge is 0.460 e. The number of carbonyl (C=O) groups excluding carboxylic acids is 1. The summed E-state index contributed by atoms with van der Waals surface area (Å²) in [5, 5.41) is 33.2. The molecule has 4 aliphatic rings. The predicted octanol–water partition coefficient (Wildman–Crippen LogP) is 1.98. The van der Waals surface area contributed by atoms with Gasteiger partial charge in [0.2, 0.25) is 12.1 Å². The molecule has 6 atom stereocenters. The molecule has 0 aromatic heterocycles. The van der Waals surface area contributed by atoms with Gasteiger partial charge < -0.3 is 20.1 Å². The Labute approximate surface area is 147 Å². The molecule has 0 bridgehead atoms. The Morgan fingerprint density at radius 1 is 1.28 bits per heavy atom. The third-order valence-electron chi connectivity index (χ3n) is 7.26. The first-order valence-electron chi connectivity index (χ1n) is 8.95. The van der Waals surface area contributed by atoms with Gasteiger partial charge in [-0.15, -0.1) is 6.58 Å². The monoisotopic (exact) mass is 346 g/mol. The molecular weight excluding hydrogens is 320 g/mol. The minimum atomic E-state index is -1.68. The number of carbonyl (C=O) groups is 1. The summed E-state index contributed by atoms with van der Waals surface area (Å²) in [6, 6.07) is 0. The molecule has 0 saturated heterocycles. The number of ether oxygens (including phenoxy) is 1. The van der Waals surface area contributed by atoms with Gasteiger partial charge in [-0.2, -0.15) is 0 Å². The summed E-state index contributed by atoms with van der Waals surface area (Å²) in [6.07, 6.45) is 3.60. The van der Waals surface area contributed by atoms with Crippen LogP contribution < -0.4 is 0 Å². The summed E-state index contributed by atoms with van der Waals surface area (Å²) in [5.41, 5.74) is -2.98. The van der Waals surface area contributed by atoms with Crippen molar-refractivity contribution >= 4 is 5.78 Å². The minimum Gasteiger partial charge on any atom is -0.460 e. The minimum absolute atomic E-state index is 0.161. The van der Waals surface area contributed by atoms with Crippen LogP contribution in [0.5, 0.6) is 0 Å². The van der Waals surface area contributed by atoms with E-state index in [2.05, 4.69) is 6.58 Å². The number of aliphatic hydroxyl groups excluding tert-OH is 2. The fraction of sp³-hybridized carbons (Fsp3) is 0.650. The average molecular weight is 346 g/mol. The molecule has 136 valence electrons. The van der Waals surface area contributed by atoms with Gasteiger partial charge in [0.15, 0.2) is 5.76 Å². The second-order valence-electron chi connectivity index (χ2n) is 8.86. The lowest BCUT2D eigenvalue weighted by atomic mass is 9.46. The molecule has 0 aromatic carbocycles. The molecule has 5 heteroatoms. The van der Waals surface area contributed by atoms with Crippen molar-refractivity contribution in [3.05, 3.63) is 35.6 Å². The van der Waals surface area contributed by atoms with E-state index in [1.54, 1.807) is 12.2 Å². The van der Waals surface area contributed by atoms with Gasteiger partial charge in [0, 0.05) is 16.4 Å². The summed E-state index contributed by atoms with van der Waals surface area (Å²) in [5.74, 6) is -0.264. The van der Waals surface area contributed by atoms with Gasteiger partial charge in [0.25, 0.3) is 0 Å². The maximum absolute atomic E-state index is 13.2. The molecule has 1 heterocycles. The van der Waals surface area contributed by atoms with Crippen molar-refractivity contribution in [1.29, 1.82) is 0 Å². The molecule has 3 aliphatic carbocycles. The summed E-state index contributed by atoms with van der Waals surface area (Å²) >= 11 is 0. The number of hydrogen-bond acceptors (Lipinski definition) is 5. The van der Waals surface area contributed by atoms with Crippen molar-refractivity contribution in [1.82, 2.24) is 0 Å². The van der Waals surface area contributed by atoms with Crippen LogP contribution in [-0.2, 0) is 9.53 Å². The average Bonchev–Trinajstić information content (AvgIpc) is 2.82. The fourth-order valence-electron chi connectivity index (χ4n) is 5.71. The van der Waals surface area contributed by atoms with E-state index in [4.69, 9.17) is 4.74 Å². The van der Waals surface area contributed by atoms with E-state index in [-0.39, 0.29) is 11.3 Å². The smallest absolute Gasteiger partial charge is 0.226 e. The molecule has 0 radical (unpaired) electrons. The van der Waals surface area contributed by atoms with E-state index in [1.165, 1.54) is 0 Å². The van der Waals surface area contributed by atoms with Gasteiger partial charge in [0.1, 0.15) is 5.60 Å². The van der Waals surface area contributed by atoms with Crippen LogP contribution in [0, 0.1) is 16.2 Å². The van der Waals surface area contributed by atoms with Gasteiger partial charge in [-0.3, -0.25) is 4.79 Å². The summed E-state index contributed by atoms with van der Waals surface area (Å²) in [6.45, 7) is 9.46. The number of fused-ring (bicyclic) bond motifs is 2. The maximum atomic E-state index is 13.2. The Morgan fingerprint density at radius 2 is 1.96 bits per heavy atom. The molecule has 3 N–H and O–H groups in total. The van der Waals surface area contributed by atoms with Crippen molar-refractivity contribution in [2.24, 2.45) is 16.2 Å². The normalized spacial score (nSPS) is 51.4. The van der Waals surface area contributed by atoms with Crippen LogP contribution in [0.1, 0.15) is 46.5 Å². The molecule has 0 spiro atoms. The maximum Gasteiger partial charge on any atom is 0.226 e. The molecule has 0 aromatic rings. The SMILES string of the molecule is C=C[C@]1(C)C=C2C(=O)C3=C4[C@](C)(CCC[C@]4(C)[C@]2(O)[C@H](O)C1)[C@H](O)O3. The Balaban J connectivity index is 2.03. The molecule has 0 unspecified atom stereocenters. The van der Waals surface area contributed by atoms with Crippen LogP contribution in [0.4, 0.5) is 0 Å². The molecule has 1 aliphatic heterocycles. The van der Waals surface area contributed by atoms with Crippen LogP contribution in [0.3, 0.4) is 0 Å². The second kappa shape index (κ2) is 4.64. The topological polar surface area (TPSA) is 87.0 Å². The van der Waals surface area contributed by atoms with Gasteiger partial charge >= 0.3 is 0 Å². The number of rotatable bonds is 1. The number of ketones is 1. The lowest BCUT2D eigenvalue weighted by Crippen LogP contribution is -2.65. The zero-order valence-corrected chi connectivity index (χ0v) is 15.0. The van der Waals surface area contributed by atoms with Crippen LogP contribution in [-0.4, -0.2) is 39.1 Å². The lowest BCUT2D eigenvalue weighted by molar-refractivity contribution is -0.157. The van der Waals surface area contributed by atoms with Gasteiger partial charge in [-0.25, -0.2) is 0 Å². The highest BCUT2D eigenvalue weighted by Gasteiger charge is 2.70. The van der Waals surface area contributed by atoms with E-state index in [1.807, 2.05) is 20.8 Å². The van der Waals surface area contributed by atoms with Crippen molar-refractivity contribution in [3.63, 3.8) is 0 Å². The summed E-state index contributed by atoms with van der Waals surface area (Å²) < 4.78 is 5.62. The fourth-order valence-corrected chi connectivity index (χ4v) is 5.71. The zero-order chi connectivity index (χ0) is 18.4. The standard InChI is InChI=1S/C20H26O5/c1-5-17(2)9-11-13(22)14-15-18(3,16(23)25-14)7-6-8-19(15,4)20(11,24)12(21)10-17/h5,9,12,16,21,23-24H,1,6-8,10H2,2-4H3/t12-,16-,17-,18+,19+,20-/m1/s1. The van der Waals surface area contributed by atoms with Crippen LogP contribution in [0.25, 0.3) is 0 Å². The summed E-state index contributed by atoms with van der Waals surface area (Å²) in [4.78, 5) is 13.2. The highest BCUT2D eigenvalue weighted by molar-refractivity contribution is 6.11. The van der Waals surface area contributed by atoms with E-state index in [9.17, 15) is 20.1 Å². The highest BCUT2D eigenvalue weighted by Crippen LogP contribution is 2.67. The molecule has 1 fully saturated rings. The number of allylic oxidation sites excluding steroid dienone is 3. The van der Waals surface area contributed by atoms with E-state index >= 15 is 0 Å². The molecule has 1 saturated carbocycles. The van der Waals surface area contributed by atoms with E-state index < -0.39 is 40.0 Å². The van der Waals surface area contributed by atoms with Gasteiger partial charge in [0.05, 0.1) is 11.5 Å². The van der Waals surface area contributed by atoms with Gasteiger partial charge in [-0.05, 0) is 31.8 Å². The van der Waals surface area contributed by atoms with Crippen molar-refractivity contribution in [2.45, 2.75) is 64.4 Å². The third-order valence-corrected chi connectivity index (χ3v) is 7.26. The number of hydrogen-bond donors (Lipinski definition) is 3. The lowest BCUT2D eigenvalue weighted by Gasteiger charge is -2.58. The van der Waals surface area contributed by atoms with Crippen molar-refractivity contribution in [2.75, 3.05) is 0 Å². The zero-order valence-electron chi connectivity index (χ0n) is 15.0. The van der Waals surface area contributed by atoms with Crippen LogP contribution in [0.2, 0.25) is 0 Å². The Morgan fingerprint density at radius 3 is 2.60 bits per heavy atom. The first kappa shape index (κ1) is 17.0. The quantitative estimate of drug-likeness (QED) is 0.632. The number of aliphatic hydroxyl groups is 3. The molecule has 4 rings (SSSR count). The highest BCUT2D eigenvalue weighted by atomic mass is 16.6. The summed E-state index contributed by atoms with van der Waals surface area (Å²) in [7, 11) is 0. The predicted molar refractivity (Wildman–Crippen MR) is 91.2 cm³/mol. The second-order valence-corrected chi connectivity index (χ2v) is 8.86. The molecule has 0 amide bonds. The Hall–Kier alpha value is -1.43. The molecule has 25 heavy (non-hydrogen) atoms. The first-order valence-corrected chi connectivity index (χ1v) is 8.95. The molecule has 5 nitrogen and oxygen atoms in total. The Kier molecular flexibility index (Phi) is 3.16. The third kappa shape index (κ3) is 1.72. The first-order chi connectivity index (χ1) is 11.5. The van der Waals surface area contributed by atoms with E-state index in [0.29, 0.717) is 24.8 Å². The van der Waals surface area contributed by atoms with Gasteiger partial charge in [-0.1, -0.05) is 32.4 Å². The number of Topliss-reactive ketones (excluding diaryl/α,β-unsaturated/α-hetero) is 1. The Bertz CT molecular complexity index is 751. The van der Waals surface area contributed by atoms with Crippen LogP contribution >= 0.6 is 0 Å². The van der Waals surface area contributed by atoms with Crippen molar-refractivity contribution < 1.29 is 24.9 Å². The molecular formula is C20H26O5.